The number of aromatic hydroxyl groups is 1. The average molecular weight is 962 g/mol. The van der Waals surface area contributed by atoms with Gasteiger partial charge >= 0.3 is 0 Å². The normalized spacial score (nSPS) is 12.1. The predicted molar refractivity (Wildman–Crippen MR) is 243 cm³/mol. The summed E-state index contributed by atoms with van der Waals surface area (Å²) in [7, 11) is 0. The third-order valence-corrected chi connectivity index (χ3v) is 11.6. The molecule has 6 heteroatoms. The van der Waals surface area contributed by atoms with Crippen LogP contribution in [-0.4, -0.2) is 19.6 Å². The van der Waals surface area contributed by atoms with E-state index in [-0.39, 0.29) is 37.6 Å². The van der Waals surface area contributed by atoms with E-state index < -0.39 is 0 Å². The first-order chi connectivity index (χ1) is 28.4. The maximum atomic E-state index is 11.7. The van der Waals surface area contributed by atoms with Crippen LogP contribution in [0.5, 0.6) is 5.75 Å². The van der Waals surface area contributed by atoms with Crippen LogP contribution in [-0.2, 0) is 31.9 Å². The van der Waals surface area contributed by atoms with E-state index >= 15 is 0 Å². The second kappa shape index (κ2) is 14.8. The summed E-state index contributed by atoms with van der Waals surface area (Å²) >= 11 is 0. The second-order valence-corrected chi connectivity index (χ2v) is 17.6. The maximum Gasteiger partial charge on any atom is 0.147 e. The molecule has 3 aromatic heterocycles. The summed E-state index contributed by atoms with van der Waals surface area (Å²) in [5, 5.41) is 14.7. The van der Waals surface area contributed by atoms with Crippen LogP contribution in [0.1, 0.15) is 52.7 Å². The predicted octanol–water partition coefficient (Wildman–Crippen LogP) is 14.2. The van der Waals surface area contributed by atoms with Gasteiger partial charge in [0.05, 0.1) is 22.4 Å². The van der Waals surface area contributed by atoms with Crippen molar-refractivity contribution in [3.63, 3.8) is 0 Å². The van der Waals surface area contributed by atoms with Gasteiger partial charge in [-0.2, -0.15) is 0 Å². The molecular weight excluding hydrogens is 918 g/mol. The zero-order valence-corrected chi connectivity index (χ0v) is 36.7. The summed E-state index contributed by atoms with van der Waals surface area (Å²) in [5.74, 6) is 0.863. The summed E-state index contributed by atoms with van der Waals surface area (Å²) in [5.41, 5.74) is 13.7. The average Bonchev–Trinajstić information content (AvgIpc) is 3.82. The Balaban J connectivity index is 0.00000462. The van der Waals surface area contributed by atoms with Crippen LogP contribution in [0.2, 0.25) is 0 Å². The molecule has 0 bridgehead atoms. The van der Waals surface area contributed by atoms with Crippen molar-refractivity contribution < 1.29 is 30.6 Å². The van der Waals surface area contributed by atoms with Crippen LogP contribution in [0.3, 0.4) is 0 Å². The molecule has 0 atom stereocenters. The molecule has 5 nitrogen and oxygen atoms in total. The number of imidazole rings is 1. The Labute approximate surface area is 364 Å². The molecule has 0 unspecified atom stereocenters. The Hall–Kier alpha value is -6.29. The quantitative estimate of drug-likeness (QED) is 0.175. The number of phenolic OH excluding ortho intramolecular Hbond substituents is 1. The first-order valence-electron chi connectivity index (χ1n) is 20.2. The van der Waals surface area contributed by atoms with Crippen molar-refractivity contribution in [3.8, 4) is 56.2 Å². The van der Waals surface area contributed by atoms with E-state index in [4.69, 9.17) is 14.4 Å². The smallest absolute Gasteiger partial charge is 0.147 e. The molecule has 0 aliphatic carbocycles. The minimum absolute atomic E-state index is 0. The van der Waals surface area contributed by atoms with Crippen molar-refractivity contribution >= 4 is 43.9 Å². The van der Waals surface area contributed by atoms with Crippen molar-refractivity contribution in [3.05, 3.63) is 169 Å². The number of aromatic nitrogens is 3. The summed E-state index contributed by atoms with van der Waals surface area (Å²) < 4.78 is 8.79. The van der Waals surface area contributed by atoms with Gasteiger partial charge in [0.1, 0.15) is 16.9 Å². The number of furan rings is 1. The fourth-order valence-corrected chi connectivity index (χ4v) is 8.40. The summed E-state index contributed by atoms with van der Waals surface area (Å²) in [6.07, 6.45) is 1.86. The molecule has 0 aliphatic heterocycles. The van der Waals surface area contributed by atoms with E-state index in [1.807, 2.05) is 48.7 Å². The molecule has 60 heavy (non-hydrogen) atoms. The maximum absolute atomic E-state index is 11.7. The van der Waals surface area contributed by atoms with Crippen LogP contribution in [0.25, 0.3) is 94.3 Å². The number of benzene rings is 7. The minimum Gasteiger partial charge on any atom is -0.507 e. The van der Waals surface area contributed by atoms with Gasteiger partial charge in [-0.1, -0.05) is 138 Å². The molecule has 0 saturated heterocycles. The molecule has 3 heterocycles. The van der Waals surface area contributed by atoms with Crippen molar-refractivity contribution in [2.75, 3.05) is 0 Å². The molecule has 0 amide bonds. The number of phenols is 1. The van der Waals surface area contributed by atoms with Crippen LogP contribution in [0.4, 0.5) is 0 Å². The Morgan fingerprint density at radius 1 is 0.600 bits per heavy atom. The van der Waals surface area contributed by atoms with Crippen LogP contribution >= 0.6 is 0 Å². The fourth-order valence-electron chi connectivity index (χ4n) is 8.40. The molecule has 298 valence electrons. The molecule has 1 N–H and O–H groups in total. The topological polar surface area (TPSA) is 64.1 Å². The minimum atomic E-state index is -0.0711. The number of hydrogen-bond donors (Lipinski definition) is 1. The summed E-state index contributed by atoms with van der Waals surface area (Å²) in [6, 6.07) is 54.0. The van der Waals surface area contributed by atoms with Gasteiger partial charge < -0.3 is 14.1 Å². The summed E-state index contributed by atoms with van der Waals surface area (Å²) in [6.45, 7) is 13.5. The third-order valence-electron chi connectivity index (χ3n) is 11.6. The zero-order valence-electron chi connectivity index (χ0n) is 34.4. The molecule has 0 fully saturated rings. The SMILES string of the molecule is CC(C)(C)c1ccc(-n2c(-c3[c-]c(-c4cc(C(C)(C)C)cc5cccnc45)ccc3)nc3c(-c4c(O)ccc5c4oc4ccccc45)cccc32)c(-c2ccccc2)c1.[Pt]. The Morgan fingerprint density at radius 2 is 1.33 bits per heavy atom. The van der Waals surface area contributed by atoms with Gasteiger partial charge in [-0.05, 0) is 75.4 Å². The number of hydrogen-bond acceptors (Lipinski definition) is 4. The first-order valence-corrected chi connectivity index (χ1v) is 20.2. The Bertz CT molecular complexity index is 3250. The number of nitrogens with zero attached hydrogens (tertiary/aromatic N) is 3. The van der Waals surface area contributed by atoms with Crippen molar-refractivity contribution in [2.24, 2.45) is 0 Å². The second-order valence-electron chi connectivity index (χ2n) is 17.6. The van der Waals surface area contributed by atoms with E-state index in [2.05, 4.69) is 149 Å². The van der Waals surface area contributed by atoms with Gasteiger partial charge in [0, 0.05) is 60.4 Å². The van der Waals surface area contributed by atoms with Crippen LogP contribution in [0.15, 0.2) is 156 Å². The standard InChI is InChI=1S/C54H44N3O2.Pt/c1-53(2,3)37-24-26-44(42(31-37)33-15-8-7-9-16-33)57-45-22-13-21-41(48-46(58)27-25-40-39-20-10-11-23-47(39)59-51(40)48)50(45)56-52(57)36-18-12-17-34(29-36)43-32-38(54(4,5)6)30-35-19-14-28-55-49(35)43;/h7-28,30-32,58H,1-6H3;/q-1;. The van der Waals surface area contributed by atoms with Gasteiger partial charge in [0.15, 0.2) is 0 Å². The fraction of sp³-hybridized carbons (Fsp3) is 0.148. The third kappa shape index (κ3) is 6.62. The van der Waals surface area contributed by atoms with Gasteiger partial charge in [0.2, 0.25) is 0 Å². The van der Waals surface area contributed by atoms with E-state index in [1.165, 1.54) is 11.1 Å². The molecule has 0 radical (unpaired) electrons. The van der Waals surface area contributed by atoms with Crippen LogP contribution in [0, 0.1) is 6.07 Å². The van der Waals surface area contributed by atoms with Gasteiger partial charge in [0.25, 0.3) is 0 Å². The number of rotatable bonds is 5. The summed E-state index contributed by atoms with van der Waals surface area (Å²) in [4.78, 5) is 10.4. The van der Waals surface area contributed by atoms with E-state index in [0.29, 0.717) is 11.1 Å². The molecule has 7 aromatic carbocycles. The molecule has 0 saturated carbocycles. The Morgan fingerprint density at radius 3 is 2.13 bits per heavy atom. The van der Waals surface area contributed by atoms with E-state index in [0.717, 1.165) is 83.2 Å². The van der Waals surface area contributed by atoms with E-state index in [1.54, 1.807) is 6.07 Å². The van der Waals surface area contributed by atoms with Crippen molar-refractivity contribution in [1.82, 2.24) is 14.5 Å². The molecular formula is C54H44N3O2Pt-. The molecule has 0 spiro atoms. The zero-order chi connectivity index (χ0) is 40.6. The Kier molecular flexibility index (Phi) is 9.64. The number of pyridine rings is 1. The molecule has 10 aromatic rings. The first kappa shape index (κ1) is 39.2. The van der Waals surface area contributed by atoms with E-state index in [9.17, 15) is 5.11 Å². The van der Waals surface area contributed by atoms with Crippen LogP contribution < -0.4 is 0 Å². The molecule has 10 rings (SSSR count). The van der Waals surface area contributed by atoms with Crippen molar-refractivity contribution in [1.29, 1.82) is 0 Å². The monoisotopic (exact) mass is 961 g/mol. The van der Waals surface area contributed by atoms with Gasteiger partial charge in [-0.3, -0.25) is 9.97 Å². The van der Waals surface area contributed by atoms with Gasteiger partial charge in [-0.25, -0.2) is 0 Å². The number of para-hydroxylation sites is 2. The number of fused-ring (bicyclic) bond motifs is 5. The van der Waals surface area contributed by atoms with Crippen molar-refractivity contribution in [2.45, 2.75) is 52.4 Å². The van der Waals surface area contributed by atoms with Gasteiger partial charge in [-0.15, -0.1) is 29.8 Å². The molecule has 0 aliphatic rings. The largest absolute Gasteiger partial charge is 0.507 e.